The van der Waals surface area contributed by atoms with E-state index in [1.807, 2.05) is 0 Å². The molecule has 1 aliphatic rings. The lowest BCUT2D eigenvalue weighted by Gasteiger charge is -2.11. The number of benzene rings is 1. The average Bonchev–Trinajstić information content (AvgIpc) is 2.75. The SMILES string of the molecule is COc1ccc(CNC2CCS(=O)(=O)C2)cc1[N+](=O)[O-]. The Labute approximate surface area is 117 Å². The van der Waals surface area contributed by atoms with Gasteiger partial charge in [0.25, 0.3) is 0 Å². The minimum Gasteiger partial charge on any atom is -0.490 e. The Morgan fingerprint density at radius 1 is 1.50 bits per heavy atom. The zero-order valence-corrected chi connectivity index (χ0v) is 11.9. The molecule has 0 spiro atoms. The fourth-order valence-electron chi connectivity index (χ4n) is 2.21. The van der Waals surface area contributed by atoms with E-state index in [-0.39, 0.29) is 29.0 Å². The lowest BCUT2D eigenvalue weighted by Crippen LogP contribution is -2.29. The van der Waals surface area contributed by atoms with E-state index in [9.17, 15) is 18.5 Å². The van der Waals surface area contributed by atoms with E-state index in [1.165, 1.54) is 13.2 Å². The second kappa shape index (κ2) is 5.76. The summed E-state index contributed by atoms with van der Waals surface area (Å²) in [7, 11) is -1.54. The number of methoxy groups -OCH3 is 1. The third-order valence-electron chi connectivity index (χ3n) is 3.27. The number of nitrogens with one attached hydrogen (secondary N) is 1. The van der Waals surface area contributed by atoms with Crippen LogP contribution >= 0.6 is 0 Å². The zero-order chi connectivity index (χ0) is 14.8. The highest BCUT2D eigenvalue weighted by atomic mass is 32.2. The summed E-state index contributed by atoms with van der Waals surface area (Å²) in [5.41, 5.74) is 0.632. The number of rotatable bonds is 5. The Morgan fingerprint density at radius 2 is 2.25 bits per heavy atom. The van der Waals surface area contributed by atoms with Crippen molar-refractivity contribution in [3.8, 4) is 5.75 Å². The zero-order valence-electron chi connectivity index (χ0n) is 11.0. The molecule has 1 aromatic carbocycles. The fourth-order valence-corrected chi connectivity index (χ4v) is 3.91. The van der Waals surface area contributed by atoms with E-state index < -0.39 is 14.8 Å². The van der Waals surface area contributed by atoms with Crippen LogP contribution in [0.3, 0.4) is 0 Å². The van der Waals surface area contributed by atoms with Gasteiger partial charge in [0, 0.05) is 18.7 Å². The molecule has 2 rings (SSSR count). The van der Waals surface area contributed by atoms with E-state index in [0.717, 1.165) is 5.56 Å². The predicted molar refractivity (Wildman–Crippen MR) is 73.5 cm³/mol. The van der Waals surface area contributed by atoms with E-state index in [0.29, 0.717) is 13.0 Å². The molecule has 1 saturated heterocycles. The van der Waals surface area contributed by atoms with Crippen LogP contribution in [0.25, 0.3) is 0 Å². The fraction of sp³-hybridized carbons (Fsp3) is 0.500. The van der Waals surface area contributed by atoms with Crippen molar-refractivity contribution in [1.29, 1.82) is 0 Å². The molecule has 1 aliphatic heterocycles. The van der Waals surface area contributed by atoms with Crippen LogP contribution in [0.5, 0.6) is 5.75 Å². The third kappa shape index (κ3) is 3.45. The third-order valence-corrected chi connectivity index (χ3v) is 5.04. The van der Waals surface area contributed by atoms with Crippen molar-refractivity contribution in [2.24, 2.45) is 0 Å². The van der Waals surface area contributed by atoms with E-state index in [4.69, 9.17) is 4.74 Å². The molecule has 1 atom stereocenters. The second-order valence-electron chi connectivity index (χ2n) is 4.74. The van der Waals surface area contributed by atoms with Crippen LogP contribution in [0.1, 0.15) is 12.0 Å². The molecule has 0 saturated carbocycles. The molecule has 0 amide bonds. The molecule has 0 radical (unpaired) electrons. The van der Waals surface area contributed by atoms with Crippen molar-refractivity contribution in [2.75, 3.05) is 18.6 Å². The maximum atomic E-state index is 11.3. The molecule has 8 heteroatoms. The van der Waals surface area contributed by atoms with Crippen LogP contribution in [-0.4, -0.2) is 38.0 Å². The van der Waals surface area contributed by atoms with Crippen LogP contribution in [0, 0.1) is 10.1 Å². The highest BCUT2D eigenvalue weighted by Gasteiger charge is 2.27. The van der Waals surface area contributed by atoms with E-state index in [1.54, 1.807) is 12.1 Å². The summed E-state index contributed by atoms with van der Waals surface area (Å²) in [6.07, 6.45) is 0.584. The monoisotopic (exact) mass is 300 g/mol. The standard InChI is InChI=1S/C12H16N2O5S/c1-19-12-3-2-9(6-11(12)14(15)16)7-13-10-4-5-20(17,18)8-10/h2-3,6,10,13H,4-5,7-8H2,1H3. The number of hydrogen-bond donors (Lipinski definition) is 1. The van der Waals surface area contributed by atoms with Gasteiger partial charge in [-0.15, -0.1) is 0 Å². The quantitative estimate of drug-likeness (QED) is 0.640. The lowest BCUT2D eigenvalue weighted by atomic mass is 10.1. The molecule has 1 unspecified atom stereocenters. The molecule has 7 nitrogen and oxygen atoms in total. The molecule has 110 valence electrons. The minimum atomic E-state index is -2.92. The molecule has 20 heavy (non-hydrogen) atoms. The van der Waals surface area contributed by atoms with Gasteiger partial charge in [0.15, 0.2) is 15.6 Å². The van der Waals surface area contributed by atoms with Crippen molar-refractivity contribution in [3.63, 3.8) is 0 Å². The summed E-state index contributed by atoms with van der Waals surface area (Å²) in [4.78, 5) is 10.4. The molecule has 0 aromatic heterocycles. The normalized spacial score (nSPS) is 20.8. The maximum Gasteiger partial charge on any atom is 0.311 e. The first-order valence-electron chi connectivity index (χ1n) is 6.16. The van der Waals surface area contributed by atoms with Gasteiger partial charge in [-0.2, -0.15) is 0 Å². The largest absolute Gasteiger partial charge is 0.490 e. The summed E-state index contributed by atoms with van der Waals surface area (Å²) in [5.74, 6) is 0.542. The highest BCUT2D eigenvalue weighted by Crippen LogP contribution is 2.27. The van der Waals surface area contributed by atoms with Gasteiger partial charge in [0.05, 0.1) is 23.5 Å². The first-order valence-corrected chi connectivity index (χ1v) is 7.98. The predicted octanol–water partition coefficient (Wildman–Crippen LogP) is 0.880. The lowest BCUT2D eigenvalue weighted by molar-refractivity contribution is -0.385. The molecule has 0 aliphatic carbocycles. The molecule has 1 N–H and O–H groups in total. The van der Waals surface area contributed by atoms with Gasteiger partial charge in [-0.3, -0.25) is 10.1 Å². The summed E-state index contributed by atoms with van der Waals surface area (Å²) in [6, 6.07) is 4.62. The summed E-state index contributed by atoms with van der Waals surface area (Å²) in [5, 5.41) is 14.0. The minimum absolute atomic E-state index is 0.0823. The summed E-state index contributed by atoms with van der Waals surface area (Å²) < 4.78 is 27.6. The number of nitro groups is 1. The first-order chi connectivity index (χ1) is 9.41. The Balaban J connectivity index is 2.03. The van der Waals surface area contributed by atoms with Crippen LogP contribution in [-0.2, 0) is 16.4 Å². The molecular weight excluding hydrogens is 284 g/mol. The van der Waals surface area contributed by atoms with Crippen molar-refractivity contribution < 1.29 is 18.1 Å². The van der Waals surface area contributed by atoms with E-state index in [2.05, 4.69) is 5.32 Å². The van der Waals surface area contributed by atoms with Crippen molar-refractivity contribution >= 4 is 15.5 Å². The molecule has 1 fully saturated rings. The van der Waals surface area contributed by atoms with Crippen LogP contribution in [0.2, 0.25) is 0 Å². The van der Waals surface area contributed by atoms with Crippen LogP contribution < -0.4 is 10.1 Å². The van der Waals surface area contributed by atoms with E-state index >= 15 is 0 Å². The van der Waals surface area contributed by atoms with Crippen LogP contribution in [0.4, 0.5) is 5.69 Å². The Morgan fingerprint density at radius 3 is 2.80 bits per heavy atom. The van der Waals surface area contributed by atoms with Gasteiger partial charge >= 0.3 is 5.69 Å². The Hall–Kier alpha value is -1.67. The Kier molecular flexibility index (Phi) is 4.24. The number of nitro benzene ring substituents is 1. The van der Waals surface area contributed by atoms with Crippen LogP contribution in [0.15, 0.2) is 18.2 Å². The van der Waals surface area contributed by atoms with Gasteiger partial charge in [0.2, 0.25) is 0 Å². The van der Waals surface area contributed by atoms with Gasteiger partial charge in [0.1, 0.15) is 0 Å². The molecule has 0 bridgehead atoms. The van der Waals surface area contributed by atoms with Gasteiger partial charge in [-0.05, 0) is 18.1 Å². The van der Waals surface area contributed by atoms with Crippen molar-refractivity contribution in [2.45, 2.75) is 19.0 Å². The highest BCUT2D eigenvalue weighted by molar-refractivity contribution is 7.91. The number of hydrogen-bond acceptors (Lipinski definition) is 6. The maximum absolute atomic E-state index is 11.3. The Bertz CT molecular complexity index is 614. The summed E-state index contributed by atoms with van der Waals surface area (Å²) in [6.45, 7) is 0.394. The van der Waals surface area contributed by atoms with Gasteiger partial charge in [-0.25, -0.2) is 8.42 Å². The molecular formula is C12H16N2O5S. The number of ether oxygens (including phenoxy) is 1. The number of sulfone groups is 1. The molecule has 1 aromatic rings. The van der Waals surface area contributed by atoms with Gasteiger partial charge in [-0.1, -0.05) is 6.07 Å². The smallest absolute Gasteiger partial charge is 0.311 e. The number of nitrogens with zero attached hydrogens (tertiary/aromatic N) is 1. The first kappa shape index (κ1) is 14.7. The second-order valence-corrected chi connectivity index (χ2v) is 6.97. The van der Waals surface area contributed by atoms with Crippen molar-refractivity contribution in [3.05, 3.63) is 33.9 Å². The summed E-state index contributed by atoms with van der Waals surface area (Å²) >= 11 is 0. The topological polar surface area (TPSA) is 98.5 Å². The van der Waals surface area contributed by atoms with Crippen molar-refractivity contribution in [1.82, 2.24) is 5.32 Å². The average molecular weight is 300 g/mol. The van der Waals surface area contributed by atoms with Gasteiger partial charge < -0.3 is 10.1 Å². The molecule has 1 heterocycles.